The Labute approximate surface area is 110 Å². The molecule has 1 saturated heterocycles. The number of hydrogen-bond donors (Lipinski definition) is 1. The van der Waals surface area contributed by atoms with Gasteiger partial charge in [0.05, 0.1) is 6.10 Å². The maximum atomic E-state index is 5.66. The Morgan fingerprint density at radius 2 is 1.89 bits per heavy atom. The lowest BCUT2D eigenvalue weighted by atomic mass is 9.99. The highest BCUT2D eigenvalue weighted by atomic mass is 16.5. The maximum Gasteiger partial charge on any atom is 0.0700 e. The van der Waals surface area contributed by atoms with Gasteiger partial charge in [-0.25, -0.2) is 0 Å². The van der Waals surface area contributed by atoms with E-state index in [1.165, 1.54) is 24.0 Å². The zero-order valence-electron chi connectivity index (χ0n) is 11.4. The van der Waals surface area contributed by atoms with Crippen LogP contribution < -0.4 is 5.32 Å². The van der Waals surface area contributed by atoms with E-state index in [0.29, 0.717) is 18.2 Å². The molecule has 2 aliphatic rings. The topological polar surface area (TPSA) is 21.3 Å². The van der Waals surface area contributed by atoms with Crippen molar-refractivity contribution in [3.63, 3.8) is 0 Å². The van der Waals surface area contributed by atoms with E-state index in [0.717, 1.165) is 18.9 Å². The van der Waals surface area contributed by atoms with Crippen molar-refractivity contribution in [3.05, 3.63) is 35.4 Å². The summed E-state index contributed by atoms with van der Waals surface area (Å²) in [6, 6.07) is 10.1. The molecule has 3 unspecified atom stereocenters. The van der Waals surface area contributed by atoms with Crippen molar-refractivity contribution in [2.75, 3.05) is 6.61 Å². The van der Waals surface area contributed by atoms with Crippen LogP contribution in [0.25, 0.3) is 0 Å². The fourth-order valence-corrected chi connectivity index (χ4v) is 2.89. The molecule has 2 nitrogen and oxygen atoms in total. The smallest absolute Gasteiger partial charge is 0.0700 e. The van der Waals surface area contributed by atoms with Crippen molar-refractivity contribution in [2.24, 2.45) is 5.92 Å². The summed E-state index contributed by atoms with van der Waals surface area (Å²) in [5, 5.41) is 3.84. The molecule has 0 radical (unpaired) electrons. The number of benzene rings is 1. The van der Waals surface area contributed by atoms with Crippen molar-refractivity contribution < 1.29 is 4.74 Å². The molecule has 1 aromatic carbocycles. The minimum Gasteiger partial charge on any atom is -0.377 e. The van der Waals surface area contributed by atoms with E-state index in [1.807, 2.05) is 0 Å². The van der Waals surface area contributed by atoms with Gasteiger partial charge >= 0.3 is 0 Å². The molecule has 1 aliphatic heterocycles. The van der Waals surface area contributed by atoms with Gasteiger partial charge in [0.15, 0.2) is 0 Å². The number of ether oxygens (including phenoxy) is 1. The summed E-state index contributed by atoms with van der Waals surface area (Å²) in [4.78, 5) is 0. The van der Waals surface area contributed by atoms with E-state index >= 15 is 0 Å². The molecule has 98 valence electrons. The van der Waals surface area contributed by atoms with E-state index in [1.54, 1.807) is 0 Å². The Hall–Kier alpha value is -0.860. The predicted octanol–water partition coefficient (Wildman–Crippen LogP) is 3.21. The van der Waals surface area contributed by atoms with Gasteiger partial charge in [-0.1, -0.05) is 29.8 Å². The second-order valence-electron chi connectivity index (χ2n) is 5.86. The Bertz CT molecular complexity index is 396. The molecule has 1 aliphatic carbocycles. The molecule has 0 aromatic heterocycles. The number of rotatable bonds is 4. The van der Waals surface area contributed by atoms with Crippen LogP contribution in [-0.4, -0.2) is 18.8 Å². The molecule has 18 heavy (non-hydrogen) atoms. The molecule has 3 atom stereocenters. The van der Waals surface area contributed by atoms with Crippen LogP contribution in [0.15, 0.2) is 24.3 Å². The summed E-state index contributed by atoms with van der Waals surface area (Å²) < 4.78 is 5.66. The van der Waals surface area contributed by atoms with Crippen molar-refractivity contribution >= 4 is 0 Å². The molecule has 1 aromatic rings. The standard InChI is InChI=1S/C16H23NO/c1-11-3-5-13(6-4-11)16(14-7-8-14)17-15-9-10-18-12(15)2/h3-6,12,14-17H,7-10H2,1-2H3. The van der Waals surface area contributed by atoms with Crippen LogP contribution in [0.2, 0.25) is 0 Å². The molecule has 0 bridgehead atoms. The van der Waals surface area contributed by atoms with Crippen LogP contribution in [0, 0.1) is 12.8 Å². The van der Waals surface area contributed by atoms with E-state index < -0.39 is 0 Å². The fourth-order valence-electron chi connectivity index (χ4n) is 2.89. The largest absolute Gasteiger partial charge is 0.377 e. The Morgan fingerprint density at radius 3 is 2.44 bits per heavy atom. The minimum absolute atomic E-state index is 0.358. The van der Waals surface area contributed by atoms with E-state index in [4.69, 9.17) is 4.74 Å². The monoisotopic (exact) mass is 245 g/mol. The van der Waals surface area contributed by atoms with Gasteiger partial charge in [0.2, 0.25) is 0 Å². The SMILES string of the molecule is Cc1ccc(C(NC2CCOC2C)C2CC2)cc1. The summed E-state index contributed by atoms with van der Waals surface area (Å²) >= 11 is 0. The van der Waals surface area contributed by atoms with Crippen molar-refractivity contribution in [1.82, 2.24) is 5.32 Å². The summed E-state index contributed by atoms with van der Waals surface area (Å²) in [6.07, 6.45) is 4.24. The Morgan fingerprint density at radius 1 is 1.17 bits per heavy atom. The van der Waals surface area contributed by atoms with Gasteiger partial charge in [-0.2, -0.15) is 0 Å². The first-order valence-electron chi connectivity index (χ1n) is 7.18. The van der Waals surface area contributed by atoms with Gasteiger partial charge in [0.1, 0.15) is 0 Å². The van der Waals surface area contributed by atoms with E-state index in [9.17, 15) is 0 Å². The molecule has 3 rings (SSSR count). The molecular formula is C16H23NO. The molecule has 2 heteroatoms. The van der Waals surface area contributed by atoms with Crippen LogP contribution in [0.3, 0.4) is 0 Å². The molecule has 1 N–H and O–H groups in total. The summed E-state index contributed by atoms with van der Waals surface area (Å²) in [6.45, 7) is 5.24. The number of hydrogen-bond acceptors (Lipinski definition) is 2. The predicted molar refractivity (Wildman–Crippen MR) is 73.6 cm³/mol. The van der Waals surface area contributed by atoms with Crippen molar-refractivity contribution in [1.29, 1.82) is 0 Å². The average Bonchev–Trinajstić information content (AvgIpc) is 3.12. The van der Waals surface area contributed by atoms with Crippen molar-refractivity contribution in [2.45, 2.75) is 51.3 Å². The first-order chi connectivity index (χ1) is 8.74. The highest BCUT2D eigenvalue weighted by Gasteiger charge is 2.35. The summed E-state index contributed by atoms with van der Waals surface area (Å²) in [7, 11) is 0. The lowest BCUT2D eigenvalue weighted by Gasteiger charge is -2.25. The van der Waals surface area contributed by atoms with Crippen LogP contribution in [-0.2, 0) is 4.74 Å². The van der Waals surface area contributed by atoms with E-state index in [2.05, 4.69) is 43.4 Å². The lowest BCUT2D eigenvalue weighted by Crippen LogP contribution is -2.38. The first kappa shape index (κ1) is 12.2. The van der Waals surface area contributed by atoms with Gasteiger partial charge in [-0.3, -0.25) is 0 Å². The molecular weight excluding hydrogens is 222 g/mol. The Kier molecular flexibility index (Phi) is 3.40. The third kappa shape index (κ3) is 2.60. The summed E-state index contributed by atoms with van der Waals surface area (Å²) in [5.74, 6) is 0.834. The zero-order chi connectivity index (χ0) is 12.5. The van der Waals surface area contributed by atoms with Gasteiger partial charge in [-0.05, 0) is 44.6 Å². The lowest BCUT2D eigenvalue weighted by molar-refractivity contribution is 0.110. The highest BCUT2D eigenvalue weighted by molar-refractivity contribution is 5.25. The molecule has 1 heterocycles. The third-order valence-corrected chi connectivity index (χ3v) is 4.30. The quantitative estimate of drug-likeness (QED) is 0.879. The zero-order valence-corrected chi connectivity index (χ0v) is 11.4. The molecule has 2 fully saturated rings. The second kappa shape index (κ2) is 5.02. The number of aryl methyl sites for hydroxylation is 1. The maximum absolute atomic E-state index is 5.66. The fraction of sp³-hybridized carbons (Fsp3) is 0.625. The van der Waals surface area contributed by atoms with Crippen LogP contribution >= 0.6 is 0 Å². The van der Waals surface area contributed by atoms with Gasteiger partial charge in [0.25, 0.3) is 0 Å². The minimum atomic E-state index is 0.358. The second-order valence-corrected chi connectivity index (χ2v) is 5.86. The molecule has 0 amide bonds. The van der Waals surface area contributed by atoms with Crippen LogP contribution in [0.1, 0.15) is 43.4 Å². The van der Waals surface area contributed by atoms with Crippen LogP contribution in [0.5, 0.6) is 0 Å². The average molecular weight is 245 g/mol. The molecule has 1 saturated carbocycles. The van der Waals surface area contributed by atoms with Crippen LogP contribution in [0.4, 0.5) is 0 Å². The third-order valence-electron chi connectivity index (χ3n) is 4.30. The van der Waals surface area contributed by atoms with E-state index in [-0.39, 0.29) is 0 Å². The van der Waals surface area contributed by atoms with Gasteiger partial charge < -0.3 is 10.1 Å². The Balaban J connectivity index is 1.73. The van der Waals surface area contributed by atoms with Crippen molar-refractivity contribution in [3.8, 4) is 0 Å². The van der Waals surface area contributed by atoms with Gasteiger partial charge in [-0.15, -0.1) is 0 Å². The number of nitrogens with one attached hydrogen (secondary N) is 1. The normalized spacial score (nSPS) is 29.4. The molecule has 0 spiro atoms. The van der Waals surface area contributed by atoms with Gasteiger partial charge in [0, 0.05) is 18.7 Å². The highest BCUT2D eigenvalue weighted by Crippen LogP contribution is 2.41. The first-order valence-corrected chi connectivity index (χ1v) is 7.18. The summed E-state index contributed by atoms with van der Waals surface area (Å²) in [5.41, 5.74) is 2.79.